The number of piperazine rings is 1. The summed E-state index contributed by atoms with van der Waals surface area (Å²) in [5.74, 6) is 0.587. The van der Waals surface area contributed by atoms with E-state index in [0.717, 1.165) is 55.4 Å². The minimum Gasteiger partial charge on any atom is -0.492 e. The van der Waals surface area contributed by atoms with E-state index in [1.165, 1.54) is 0 Å². The molecule has 5 nitrogen and oxygen atoms in total. The molecule has 0 bridgehead atoms. The number of ether oxygens (including phenoxy) is 1. The van der Waals surface area contributed by atoms with Crippen molar-refractivity contribution in [3.63, 3.8) is 0 Å². The van der Waals surface area contributed by atoms with Crippen molar-refractivity contribution in [3.05, 3.63) is 53.1 Å². The van der Waals surface area contributed by atoms with Gasteiger partial charge in [0, 0.05) is 31.2 Å². The van der Waals surface area contributed by atoms with Crippen LogP contribution in [0.15, 0.2) is 42.5 Å². The van der Waals surface area contributed by atoms with Gasteiger partial charge in [-0.2, -0.15) is 0 Å². The van der Waals surface area contributed by atoms with Gasteiger partial charge < -0.3 is 19.9 Å². The van der Waals surface area contributed by atoms with Crippen molar-refractivity contribution in [1.82, 2.24) is 4.90 Å². The van der Waals surface area contributed by atoms with Crippen LogP contribution in [0.3, 0.4) is 0 Å². The Morgan fingerprint density at radius 3 is 2.75 bits per heavy atom. The zero-order valence-corrected chi connectivity index (χ0v) is 16.9. The molecule has 1 amide bonds. The SMILES string of the molecule is CCN1CCN(c2ccccc2NC(=O)[C@@H]2COc3ccc(Cl)cc3C2)CC1. The van der Waals surface area contributed by atoms with E-state index in [1.54, 1.807) is 0 Å². The van der Waals surface area contributed by atoms with Crippen LogP contribution in [-0.4, -0.2) is 50.1 Å². The number of fused-ring (bicyclic) bond motifs is 1. The Balaban J connectivity index is 1.45. The van der Waals surface area contributed by atoms with Crippen LogP contribution in [0.1, 0.15) is 12.5 Å². The van der Waals surface area contributed by atoms with Gasteiger partial charge in [0.1, 0.15) is 12.4 Å². The lowest BCUT2D eigenvalue weighted by Gasteiger charge is -2.36. The standard InChI is InChI=1S/C22H26ClN3O2/c1-2-25-9-11-26(12-10-25)20-6-4-3-5-19(20)24-22(27)17-13-16-14-18(23)7-8-21(16)28-15-17/h3-8,14,17H,2,9-13,15H2,1H3,(H,24,27)/t17-/m0/s1. The van der Waals surface area contributed by atoms with Crippen molar-refractivity contribution in [2.45, 2.75) is 13.3 Å². The lowest BCUT2D eigenvalue weighted by Crippen LogP contribution is -2.46. The fourth-order valence-corrected chi connectivity index (χ4v) is 4.12. The Morgan fingerprint density at radius 1 is 1.18 bits per heavy atom. The molecule has 0 radical (unpaired) electrons. The first-order valence-electron chi connectivity index (χ1n) is 9.92. The first-order chi connectivity index (χ1) is 13.6. The van der Waals surface area contributed by atoms with Crippen LogP contribution < -0.4 is 15.0 Å². The quantitative estimate of drug-likeness (QED) is 0.851. The maximum Gasteiger partial charge on any atom is 0.231 e. The number of carbonyl (C=O) groups excluding carboxylic acids is 1. The molecular formula is C22H26ClN3O2. The van der Waals surface area contributed by atoms with Gasteiger partial charge in [-0.25, -0.2) is 0 Å². The Bertz CT molecular complexity index is 849. The summed E-state index contributed by atoms with van der Waals surface area (Å²) >= 11 is 6.10. The number of benzene rings is 2. The van der Waals surface area contributed by atoms with Gasteiger partial charge in [-0.05, 0) is 48.9 Å². The minimum atomic E-state index is -0.226. The summed E-state index contributed by atoms with van der Waals surface area (Å²) in [6.45, 7) is 7.70. The Hall–Kier alpha value is -2.24. The monoisotopic (exact) mass is 399 g/mol. The number of nitrogens with one attached hydrogen (secondary N) is 1. The van der Waals surface area contributed by atoms with Crippen LogP contribution in [-0.2, 0) is 11.2 Å². The van der Waals surface area contributed by atoms with Crippen LogP contribution in [0.4, 0.5) is 11.4 Å². The highest BCUT2D eigenvalue weighted by Crippen LogP contribution is 2.32. The molecule has 1 N–H and O–H groups in total. The lowest BCUT2D eigenvalue weighted by molar-refractivity contribution is -0.121. The molecule has 0 aromatic heterocycles. The Morgan fingerprint density at radius 2 is 1.96 bits per heavy atom. The summed E-state index contributed by atoms with van der Waals surface area (Å²) in [6.07, 6.45) is 0.638. The molecule has 2 aromatic rings. The predicted octanol–water partition coefficient (Wildman–Crippen LogP) is 3.67. The van der Waals surface area contributed by atoms with E-state index in [1.807, 2.05) is 36.4 Å². The molecule has 0 spiro atoms. The number of likely N-dealkylation sites (N-methyl/N-ethyl adjacent to an activating group) is 1. The zero-order chi connectivity index (χ0) is 19.5. The average Bonchev–Trinajstić information content (AvgIpc) is 2.73. The van der Waals surface area contributed by atoms with Gasteiger partial charge in [0.05, 0.1) is 17.3 Å². The molecule has 2 aromatic carbocycles. The molecular weight excluding hydrogens is 374 g/mol. The molecule has 6 heteroatoms. The van der Waals surface area contributed by atoms with E-state index in [0.29, 0.717) is 18.1 Å². The third-order valence-electron chi connectivity index (χ3n) is 5.62. The largest absolute Gasteiger partial charge is 0.492 e. The second-order valence-electron chi connectivity index (χ2n) is 7.39. The molecule has 1 fully saturated rings. The highest BCUT2D eigenvalue weighted by molar-refractivity contribution is 6.30. The first-order valence-corrected chi connectivity index (χ1v) is 10.3. The number of anilines is 2. The minimum absolute atomic E-state index is 0.00901. The summed E-state index contributed by atoms with van der Waals surface area (Å²) in [5, 5.41) is 3.81. The second-order valence-corrected chi connectivity index (χ2v) is 7.83. The second kappa shape index (κ2) is 8.41. The molecule has 2 heterocycles. The van der Waals surface area contributed by atoms with E-state index >= 15 is 0 Å². The van der Waals surface area contributed by atoms with E-state index < -0.39 is 0 Å². The summed E-state index contributed by atoms with van der Waals surface area (Å²) in [5.41, 5.74) is 2.95. The topological polar surface area (TPSA) is 44.8 Å². The molecule has 1 atom stereocenters. The van der Waals surface area contributed by atoms with Crippen LogP contribution in [0.2, 0.25) is 5.02 Å². The number of hydrogen-bond donors (Lipinski definition) is 1. The molecule has 148 valence electrons. The number of amides is 1. The fourth-order valence-electron chi connectivity index (χ4n) is 3.93. The van der Waals surface area contributed by atoms with Gasteiger partial charge in [-0.1, -0.05) is 30.7 Å². The molecule has 4 rings (SSSR count). The van der Waals surface area contributed by atoms with Crippen LogP contribution in [0, 0.1) is 5.92 Å². The highest BCUT2D eigenvalue weighted by atomic mass is 35.5. The average molecular weight is 400 g/mol. The van der Waals surface area contributed by atoms with Crippen molar-refractivity contribution < 1.29 is 9.53 Å². The number of carbonyl (C=O) groups is 1. The van der Waals surface area contributed by atoms with Gasteiger partial charge >= 0.3 is 0 Å². The third kappa shape index (κ3) is 4.10. The van der Waals surface area contributed by atoms with E-state index in [9.17, 15) is 4.79 Å². The number of rotatable bonds is 4. The van der Waals surface area contributed by atoms with Crippen molar-refractivity contribution in [2.24, 2.45) is 5.92 Å². The molecule has 28 heavy (non-hydrogen) atoms. The maximum absolute atomic E-state index is 12.9. The number of nitrogens with zero attached hydrogens (tertiary/aromatic N) is 2. The van der Waals surface area contributed by atoms with Crippen molar-refractivity contribution in [1.29, 1.82) is 0 Å². The fraction of sp³-hybridized carbons (Fsp3) is 0.409. The summed E-state index contributed by atoms with van der Waals surface area (Å²) in [4.78, 5) is 17.7. The number of halogens is 1. The first kappa shape index (κ1) is 19.1. The Kier molecular flexibility index (Phi) is 5.74. The molecule has 0 aliphatic carbocycles. The van der Waals surface area contributed by atoms with Crippen molar-refractivity contribution in [2.75, 3.05) is 49.5 Å². The number of hydrogen-bond acceptors (Lipinski definition) is 4. The number of para-hydroxylation sites is 2. The smallest absolute Gasteiger partial charge is 0.231 e. The van der Waals surface area contributed by atoms with Crippen molar-refractivity contribution >= 4 is 28.9 Å². The molecule has 2 aliphatic rings. The molecule has 2 aliphatic heterocycles. The summed E-state index contributed by atoms with van der Waals surface area (Å²) in [7, 11) is 0. The Labute approximate surface area is 171 Å². The molecule has 0 unspecified atom stereocenters. The highest BCUT2D eigenvalue weighted by Gasteiger charge is 2.27. The zero-order valence-electron chi connectivity index (χ0n) is 16.2. The van der Waals surface area contributed by atoms with E-state index in [2.05, 4.69) is 28.1 Å². The molecule has 1 saturated heterocycles. The summed E-state index contributed by atoms with van der Waals surface area (Å²) in [6, 6.07) is 13.6. The normalized spacial score (nSPS) is 19.6. The van der Waals surface area contributed by atoms with Crippen LogP contribution >= 0.6 is 11.6 Å². The summed E-state index contributed by atoms with van der Waals surface area (Å²) < 4.78 is 5.79. The van der Waals surface area contributed by atoms with Gasteiger partial charge in [-0.3, -0.25) is 4.79 Å². The van der Waals surface area contributed by atoms with Crippen LogP contribution in [0.5, 0.6) is 5.75 Å². The van der Waals surface area contributed by atoms with Crippen molar-refractivity contribution in [3.8, 4) is 5.75 Å². The maximum atomic E-state index is 12.9. The van der Waals surface area contributed by atoms with Gasteiger partial charge in [0.2, 0.25) is 5.91 Å². The van der Waals surface area contributed by atoms with Gasteiger partial charge in [0.15, 0.2) is 0 Å². The van der Waals surface area contributed by atoms with Gasteiger partial charge in [-0.15, -0.1) is 0 Å². The lowest BCUT2D eigenvalue weighted by atomic mass is 9.96. The van der Waals surface area contributed by atoms with Crippen LogP contribution in [0.25, 0.3) is 0 Å². The predicted molar refractivity (Wildman–Crippen MR) is 114 cm³/mol. The van der Waals surface area contributed by atoms with E-state index in [-0.39, 0.29) is 11.8 Å². The van der Waals surface area contributed by atoms with E-state index in [4.69, 9.17) is 16.3 Å². The third-order valence-corrected chi connectivity index (χ3v) is 5.86. The van der Waals surface area contributed by atoms with Gasteiger partial charge in [0.25, 0.3) is 0 Å². The molecule has 0 saturated carbocycles.